The quantitative estimate of drug-likeness (QED) is 0.325. The predicted octanol–water partition coefficient (Wildman–Crippen LogP) is 2.92. The number of pyridine rings is 1. The molecule has 1 amide bonds. The van der Waals surface area contributed by atoms with Crippen LogP contribution in [-0.4, -0.2) is 54.2 Å². The van der Waals surface area contributed by atoms with Crippen molar-refractivity contribution in [1.29, 1.82) is 0 Å². The highest BCUT2D eigenvalue weighted by molar-refractivity contribution is 5.97. The molecular weight excluding hydrogens is 464 g/mol. The molecule has 1 saturated heterocycles. The maximum Gasteiger partial charge on any atom is 0.586 e. The van der Waals surface area contributed by atoms with Gasteiger partial charge in [-0.05, 0) is 56.5 Å². The Morgan fingerprint density at radius 1 is 1.26 bits per heavy atom. The van der Waals surface area contributed by atoms with Gasteiger partial charge in [-0.15, -0.1) is 8.78 Å². The zero-order valence-corrected chi connectivity index (χ0v) is 19.8. The summed E-state index contributed by atoms with van der Waals surface area (Å²) in [5.74, 6) is -1.59. The summed E-state index contributed by atoms with van der Waals surface area (Å²) < 4.78 is 46.4. The van der Waals surface area contributed by atoms with Crippen molar-refractivity contribution in [3.8, 4) is 11.5 Å². The Morgan fingerprint density at radius 2 is 2.00 bits per heavy atom. The van der Waals surface area contributed by atoms with Crippen LogP contribution >= 0.6 is 0 Å². The van der Waals surface area contributed by atoms with Crippen molar-refractivity contribution in [2.45, 2.75) is 51.9 Å². The molecule has 0 radical (unpaired) electrons. The first-order chi connectivity index (χ1) is 16.6. The monoisotopic (exact) mass is 491 g/mol. The number of rotatable bonds is 9. The fourth-order valence-corrected chi connectivity index (χ4v) is 4.22. The van der Waals surface area contributed by atoms with Crippen molar-refractivity contribution >= 4 is 11.9 Å². The minimum atomic E-state index is -3.72. The Morgan fingerprint density at radius 3 is 2.66 bits per heavy atom. The molecule has 1 N–H and O–H groups in total. The molecule has 0 spiro atoms. The highest BCUT2D eigenvalue weighted by atomic mass is 19.3. The Kier molecular flexibility index (Phi) is 6.91. The fourth-order valence-electron chi connectivity index (χ4n) is 4.22. The van der Waals surface area contributed by atoms with E-state index in [0.717, 1.165) is 11.3 Å². The average molecular weight is 491 g/mol. The molecular formula is C24H27F2N3O6. The van der Waals surface area contributed by atoms with Gasteiger partial charge in [0, 0.05) is 25.0 Å². The molecule has 11 heteroatoms. The number of carbonyl (C=O) groups is 2. The van der Waals surface area contributed by atoms with E-state index in [1.54, 1.807) is 26.1 Å². The van der Waals surface area contributed by atoms with Crippen LogP contribution in [0.25, 0.3) is 0 Å². The standard InChI is InChI=1S/C24H27F2N3O6/c1-5-33-22(31)20-17(10-15-7-6-13(2)27-12-15)21(30)29(20)23(32-4)28-14(3)16-8-9-18-19(11-16)35-24(25,26)34-18/h6-9,11-12,14,17,20,23,28H,5,10H2,1-4H3/t14-,17-,20+,23?/m1/s1. The number of hydrogen-bond acceptors (Lipinski definition) is 8. The third kappa shape index (κ3) is 5.06. The molecule has 0 aliphatic carbocycles. The Balaban J connectivity index is 1.50. The van der Waals surface area contributed by atoms with Gasteiger partial charge in [0.1, 0.15) is 6.04 Å². The predicted molar refractivity (Wildman–Crippen MR) is 118 cm³/mol. The van der Waals surface area contributed by atoms with Gasteiger partial charge in [0.05, 0.1) is 12.5 Å². The maximum atomic E-state index is 13.4. The van der Waals surface area contributed by atoms with Crippen LogP contribution in [0.5, 0.6) is 11.5 Å². The van der Waals surface area contributed by atoms with Crippen molar-refractivity contribution < 1.29 is 37.3 Å². The molecule has 9 nitrogen and oxygen atoms in total. The first kappa shape index (κ1) is 24.8. The SMILES string of the molecule is CCOC(=O)[C@@H]1[C@@H](Cc2ccc(C)nc2)C(=O)N1C(N[C@H](C)c1ccc2c(c1)OC(F)(F)O2)OC. The van der Waals surface area contributed by atoms with E-state index >= 15 is 0 Å². The number of likely N-dealkylation sites (tertiary alicyclic amines) is 1. The molecule has 2 aromatic rings. The first-order valence-electron chi connectivity index (χ1n) is 11.2. The van der Waals surface area contributed by atoms with E-state index < -0.39 is 36.6 Å². The first-order valence-corrected chi connectivity index (χ1v) is 11.2. The number of benzene rings is 1. The number of hydrogen-bond donors (Lipinski definition) is 1. The largest absolute Gasteiger partial charge is 0.586 e. The van der Waals surface area contributed by atoms with E-state index in [1.807, 2.05) is 19.1 Å². The Hall–Kier alpha value is -3.31. The van der Waals surface area contributed by atoms with Crippen LogP contribution in [-0.2, 0) is 25.5 Å². The molecule has 1 unspecified atom stereocenters. The van der Waals surface area contributed by atoms with Crippen molar-refractivity contribution in [2.75, 3.05) is 13.7 Å². The summed E-state index contributed by atoms with van der Waals surface area (Å²) in [5.41, 5.74) is 2.27. The van der Waals surface area contributed by atoms with Gasteiger partial charge in [0.15, 0.2) is 17.9 Å². The number of amides is 1. The zero-order valence-electron chi connectivity index (χ0n) is 19.8. The van der Waals surface area contributed by atoms with Crippen LogP contribution in [0.4, 0.5) is 8.78 Å². The topological polar surface area (TPSA) is 99.2 Å². The Bertz CT molecular complexity index is 1100. The van der Waals surface area contributed by atoms with Crippen LogP contribution in [0.1, 0.15) is 36.7 Å². The molecule has 188 valence electrons. The second-order valence-electron chi connectivity index (χ2n) is 8.41. The van der Waals surface area contributed by atoms with Crippen molar-refractivity contribution in [3.63, 3.8) is 0 Å². The number of carbonyl (C=O) groups excluding carboxylic acids is 2. The lowest BCUT2D eigenvalue weighted by molar-refractivity contribution is -0.286. The van der Waals surface area contributed by atoms with E-state index in [2.05, 4.69) is 19.8 Å². The summed E-state index contributed by atoms with van der Waals surface area (Å²) in [6.07, 6.45) is -2.67. The molecule has 2 aliphatic heterocycles. The highest BCUT2D eigenvalue weighted by Crippen LogP contribution is 2.42. The van der Waals surface area contributed by atoms with Crippen LogP contribution in [0.15, 0.2) is 36.5 Å². The average Bonchev–Trinajstić information content (AvgIpc) is 3.13. The van der Waals surface area contributed by atoms with Crippen LogP contribution < -0.4 is 14.8 Å². The van der Waals surface area contributed by atoms with Crippen molar-refractivity contribution in [2.24, 2.45) is 5.92 Å². The number of nitrogens with one attached hydrogen (secondary N) is 1. The summed E-state index contributed by atoms with van der Waals surface area (Å²) in [4.78, 5) is 31.5. The minimum Gasteiger partial charge on any atom is -0.464 e. The van der Waals surface area contributed by atoms with Crippen molar-refractivity contribution in [1.82, 2.24) is 15.2 Å². The molecule has 0 saturated carbocycles. The van der Waals surface area contributed by atoms with Crippen LogP contribution in [0.3, 0.4) is 0 Å². The number of esters is 1. The minimum absolute atomic E-state index is 0.0667. The molecule has 2 aliphatic rings. The Labute approximate surface area is 201 Å². The smallest absolute Gasteiger partial charge is 0.464 e. The summed E-state index contributed by atoms with van der Waals surface area (Å²) in [7, 11) is 1.40. The zero-order chi connectivity index (χ0) is 25.3. The van der Waals surface area contributed by atoms with Gasteiger partial charge in [-0.3, -0.25) is 20.0 Å². The molecule has 1 aromatic carbocycles. The third-order valence-corrected chi connectivity index (χ3v) is 6.00. The number of β-lactam (4-membered cyclic amide) rings is 1. The summed E-state index contributed by atoms with van der Waals surface area (Å²) in [6.45, 7) is 5.49. The van der Waals surface area contributed by atoms with Crippen molar-refractivity contribution in [3.05, 3.63) is 53.3 Å². The van der Waals surface area contributed by atoms with Gasteiger partial charge in [-0.2, -0.15) is 0 Å². The second-order valence-corrected chi connectivity index (χ2v) is 8.41. The van der Waals surface area contributed by atoms with E-state index in [4.69, 9.17) is 9.47 Å². The normalized spacial score (nSPS) is 21.9. The van der Waals surface area contributed by atoms with E-state index in [9.17, 15) is 18.4 Å². The third-order valence-electron chi connectivity index (χ3n) is 6.00. The lowest BCUT2D eigenvalue weighted by Gasteiger charge is -2.49. The van der Waals surface area contributed by atoms with Gasteiger partial charge in [0.25, 0.3) is 0 Å². The van der Waals surface area contributed by atoms with E-state index in [-0.39, 0.29) is 24.0 Å². The van der Waals surface area contributed by atoms with E-state index in [1.165, 1.54) is 24.1 Å². The van der Waals surface area contributed by atoms with Crippen LogP contribution in [0.2, 0.25) is 0 Å². The molecule has 4 rings (SSSR count). The molecule has 4 atom stereocenters. The van der Waals surface area contributed by atoms with E-state index in [0.29, 0.717) is 12.0 Å². The number of aryl methyl sites for hydroxylation is 1. The summed E-state index contributed by atoms with van der Waals surface area (Å²) in [6, 6.07) is 6.81. The number of fused-ring (bicyclic) bond motifs is 1. The van der Waals surface area contributed by atoms with Crippen LogP contribution in [0, 0.1) is 12.8 Å². The summed E-state index contributed by atoms with van der Waals surface area (Å²) >= 11 is 0. The number of nitrogens with zero attached hydrogens (tertiary/aromatic N) is 2. The van der Waals surface area contributed by atoms with Gasteiger partial charge >= 0.3 is 12.3 Å². The molecule has 1 fully saturated rings. The number of halogens is 2. The second kappa shape index (κ2) is 9.74. The lowest BCUT2D eigenvalue weighted by atomic mass is 9.82. The number of aromatic nitrogens is 1. The molecule has 1 aromatic heterocycles. The highest BCUT2D eigenvalue weighted by Gasteiger charge is 2.55. The van der Waals surface area contributed by atoms with Gasteiger partial charge in [-0.1, -0.05) is 12.1 Å². The van der Waals surface area contributed by atoms with Gasteiger partial charge in [-0.25, -0.2) is 4.79 Å². The number of alkyl halides is 2. The fraction of sp³-hybridized carbons (Fsp3) is 0.458. The number of methoxy groups -OCH3 is 1. The van der Waals surface area contributed by atoms with Gasteiger partial charge < -0.3 is 18.9 Å². The molecule has 3 heterocycles. The lowest BCUT2D eigenvalue weighted by Crippen LogP contribution is -2.71. The molecule has 0 bridgehead atoms. The maximum absolute atomic E-state index is 13.4. The number of ether oxygens (including phenoxy) is 4. The summed E-state index contributed by atoms with van der Waals surface area (Å²) in [5, 5.41) is 3.12. The molecule has 35 heavy (non-hydrogen) atoms. The van der Waals surface area contributed by atoms with Gasteiger partial charge in [0.2, 0.25) is 5.91 Å².